The van der Waals surface area contributed by atoms with Crippen molar-refractivity contribution in [3.05, 3.63) is 0 Å². The van der Waals surface area contributed by atoms with E-state index in [1.807, 2.05) is 0 Å². The molecule has 0 heterocycles. The zero-order chi connectivity index (χ0) is 18.6. The molecule has 6 heteroatoms. The predicted octanol–water partition coefficient (Wildman–Crippen LogP) is 6.61. The van der Waals surface area contributed by atoms with Crippen LogP contribution in [0.1, 0.15) is 80.1 Å². The maximum Gasteiger partial charge on any atom is 0.247 e. The SMILES string of the molecule is CCCCOP(=S)(OCCCC)SCC(=O)CCC(C)C(C)(C)C. The Balaban J connectivity index is 4.36. The lowest BCUT2D eigenvalue weighted by molar-refractivity contribution is -0.117. The van der Waals surface area contributed by atoms with Gasteiger partial charge in [0, 0.05) is 6.42 Å². The molecular formula is C18H37O3PS2. The first-order chi connectivity index (χ1) is 11.1. The molecule has 1 atom stereocenters. The third kappa shape index (κ3) is 12.0. The van der Waals surface area contributed by atoms with E-state index in [2.05, 4.69) is 41.5 Å². The van der Waals surface area contributed by atoms with E-state index < -0.39 is 5.69 Å². The molecule has 3 nitrogen and oxygen atoms in total. The minimum absolute atomic E-state index is 0.245. The van der Waals surface area contributed by atoms with E-state index in [4.69, 9.17) is 20.9 Å². The molecule has 0 spiro atoms. The summed E-state index contributed by atoms with van der Waals surface area (Å²) in [5.74, 6) is 1.19. The van der Waals surface area contributed by atoms with Crippen LogP contribution in [-0.4, -0.2) is 24.7 Å². The summed E-state index contributed by atoms with van der Waals surface area (Å²) in [5, 5.41) is 0. The van der Waals surface area contributed by atoms with Crippen molar-refractivity contribution >= 4 is 34.7 Å². The zero-order valence-corrected chi connectivity index (χ0v) is 19.0. The summed E-state index contributed by atoms with van der Waals surface area (Å²) in [5.41, 5.74) is -2.14. The lowest BCUT2D eigenvalue weighted by atomic mass is 9.79. The van der Waals surface area contributed by atoms with Gasteiger partial charge in [0.1, 0.15) is 5.78 Å². The molecule has 0 bridgehead atoms. The molecule has 0 aliphatic rings. The summed E-state index contributed by atoms with van der Waals surface area (Å²) >= 11 is 7.04. The summed E-state index contributed by atoms with van der Waals surface area (Å²) in [6, 6.07) is 0. The minimum Gasteiger partial charge on any atom is -0.322 e. The highest BCUT2D eigenvalue weighted by molar-refractivity contribution is 8.68. The van der Waals surface area contributed by atoms with Gasteiger partial charge in [-0.05, 0) is 42.4 Å². The molecule has 0 radical (unpaired) electrons. The Morgan fingerprint density at radius 2 is 1.62 bits per heavy atom. The van der Waals surface area contributed by atoms with Gasteiger partial charge in [0.2, 0.25) is 5.69 Å². The first kappa shape index (κ1) is 24.6. The zero-order valence-electron chi connectivity index (χ0n) is 16.4. The molecule has 0 aromatic rings. The number of ketones is 1. The third-order valence-electron chi connectivity index (χ3n) is 4.21. The van der Waals surface area contributed by atoms with Gasteiger partial charge in [0.25, 0.3) is 0 Å². The van der Waals surface area contributed by atoms with E-state index in [-0.39, 0.29) is 11.2 Å². The predicted molar refractivity (Wildman–Crippen MR) is 111 cm³/mol. The number of rotatable bonds is 14. The maximum absolute atomic E-state index is 12.2. The largest absolute Gasteiger partial charge is 0.322 e. The van der Waals surface area contributed by atoms with Crippen LogP contribution in [-0.2, 0) is 25.6 Å². The molecule has 0 rings (SSSR count). The van der Waals surface area contributed by atoms with Crippen LogP contribution in [0.4, 0.5) is 0 Å². The summed E-state index contributed by atoms with van der Waals surface area (Å²) in [7, 11) is 0. The Labute approximate surface area is 158 Å². The Bertz CT molecular complexity index is 380. The number of Topliss-reactive ketones (excluding diaryl/α,β-unsaturated/α-hetero) is 1. The van der Waals surface area contributed by atoms with Crippen LogP contribution in [0.5, 0.6) is 0 Å². The van der Waals surface area contributed by atoms with E-state index in [0.717, 1.165) is 32.1 Å². The van der Waals surface area contributed by atoms with E-state index in [1.54, 1.807) is 0 Å². The van der Waals surface area contributed by atoms with Crippen molar-refractivity contribution in [3.8, 4) is 0 Å². The van der Waals surface area contributed by atoms with Crippen LogP contribution in [0, 0.1) is 11.3 Å². The second kappa shape index (κ2) is 12.9. The van der Waals surface area contributed by atoms with Gasteiger partial charge in [-0.25, -0.2) is 0 Å². The average Bonchev–Trinajstić information content (AvgIpc) is 2.50. The van der Waals surface area contributed by atoms with E-state index in [0.29, 0.717) is 31.3 Å². The fourth-order valence-electron chi connectivity index (χ4n) is 1.79. The number of carbonyl (C=O) groups is 1. The van der Waals surface area contributed by atoms with Crippen molar-refractivity contribution in [1.82, 2.24) is 0 Å². The van der Waals surface area contributed by atoms with Gasteiger partial charge < -0.3 is 9.05 Å². The molecule has 0 aliphatic heterocycles. The first-order valence-corrected chi connectivity index (χ1v) is 13.4. The molecule has 24 heavy (non-hydrogen) atoms. The molecule has 0 fully saturated rings. The lowest BCUT2D eigenvalue weighted by Gasteiger charge is -2.27. The van der Waals surface area contributed by atoms with Crippen LogP contribution in [0.25, 0.3) is 0 Å². The Morgan fingerprint density at radius 3 is 2.04 bits per heavy atom. The smallest absolute Gasteiger partial charge is 0.247 e. The van der Waals surface area contributed by atoms with Crippen molar-refractivity contribution in [3.63, 3.8) is 0 Å². The number of carbonyl (C=O) groups excluding carboxylic acids is 1. The fourth-order valence-corrected chi connectivity index (χ4v) is 5.88. The standard InChI is InChI=1S/C18H37O3PS2/c1-7-9-13-20-22(23,21-14-10-8-2)24-15-17(19)12-11-16(3)18(4,5)6/h16H,7-15H2,1-6H3. The van der Waals surface area contributed by atoms with Crippen LogP contribution < -0.4 is 0 Å². The van der Waals surface area contributed by atoms with Crippen molar-refractivity contribution in [2.45, 2.75) is 80.1 Å². The molecule has 1 unspecified atom stereocenters. The average molecular weight is 397 g/mol. The highest BCUT2D eigenvalue weighted by Gasteiger charge is 2.23. The third-order valence-corrected chi connectivity index (χ3v) is 9.53. The maximum atomic E-state index is 12.2. The second-order valence-electron chi connectivity index (χ2n) is 7.44. The summed E-state index contributed by atoms with van der Waals surface area (Å²) in [6.07, 6.45) is 5.64. The van der Waals surface area contributed by atoms with Crippen molar-refractivity contribution in [2.24, 2.45) is 11.3 Å². The minimum atomic E-state index is -2.38. The topological polar surface area (TPSA) is 35.5 Å². The van der Waals surface area contributed by atoms with E-state index in [9.17, 15) is 4.79 Å². The van der Waals surface area contributed by atoms with Gasteiger partial charge in [-0.1, -0.05) is 65.8 Å². The lowest BCUT2D eigenvalue weighted by Crippen LogP contribution is -2.18. The summed E-state index contributed by atoms with van der Waals surface area (Å²) in [6.45, 7) is 14.4. The molecule has 0 saturated carbocycles. The van der Waals surface area contributed by atoms with E-state index >= 15 is 0 Å². The van der Waals surface area contributed by atoms with Crippen LogP contribution in [0.2, 0.25) is 0 Å². The van der Waals surface area contributed by atoms with Gasteiger partial charge in [-0.15, -0.1) is 0 Å². The van der Waals surface area contributed by atoms with Gasteiger partial charge in [-0.3, -0.25) is 4.79 Å². The van der Waals surface area contributed by atoms with Gasteiger partial charge in [0.05, 0.1) is 19.0 Å². The van der Waals surface area contributed by atoms with Gasteiger partial charge >= 0.3 is 0 Å². The molecule has 0 amide bonds. The molecule has 0 saturated heterocycles. The van der Waals surface area contributed by atoms with E-state index in [1.165, 1.54) is 11.4 Å². The highest BCUT2D eigenvalue weighted by Crippen LogP contribution is 2.61. The van der Waals surface area contributed by atoms with Crippen LogP contribution >= 0.6 is 17.1 Å². The van der Waals surface area contributed by atoms with Crippen molar-refractivity contribution < 1.29 is 13.8 Å². The van der Waals surface area contributed by atoms with Crippen LogP contribution in [0.15, 0.2) is 0 Å². The summed E-state index contributed by atoms with van der Waals surface area (Å²) < 4.78 is 11.7. The molecule has 144 valence electrons. The van der Waals surface area contributed by atoms with Gasteiger partial charge in [0.15, 0.2) is 0 Å². The van der Waals surface area contributed by atoms with Crippen LogP contribution in [0.3, 0.4) is 0 Å². The van der Waals surface area contributed by atoms with Crippen molar-refractivity contribution in [2.75, 3.05) is 19.0 Å². The molecular weight excluding hydrogens is 359 g/mol. The highest BCUT2D eigenvalue weighted by atomic mass is 32.9. The Morgan fingerprint density at radius 1 is 1.12 bits per heavy atom. The second-order valence-corrected chi connectivity index (χ2v) is 13.7. The number of hydrogen-bond acceptors (Lipinski definition) is 5. The Hall–Kier alpha value is 0.590. The summed E-state index contributed by atoms with van der Waals surface area (Å²) in [4.78, 5) is 12.2. The quantitative estimate of drug-likeness (QED) is 0.244. The monoisotopic (exact) mass is 396 g/mol. The first-order valence-electron chi connectivity index (χ1n) is 9.20. The fraction of sp³-hybridized carbons (Fsp3) is 0.944. The molecule has 0 N–H and O–H groups in total. The molecule has 0 aromatic heterocycles. The number of hydrogen-bond donors (Lipinski definition) is 0. The molecule has 0 aliphatic carbocycles. The molecule has 0 aromatic carbocycles. The van der Waals surface area contributed by atoms with Gasteiger partial charge in [-0.2, -0.15) is 0 Å². The normalized spacial score (nSPS) is 13.9. The van der Waals surface area contributed by atoms with Crippen molar-refractivity contribution in [1.29, 1.82) is 0 Å². The number of unbranched alkanes of at least 4 members (excludes halogenated alkanes) is 2. The Kier molecular flexibility index (Phi) is 13.2.